The molecule has 50 heavy (non-hydrogen) atoms. The van der Waals surface area contributed by atoms with Gasteiger partial charge in [0.25, 0.3) is 5.91 Å². The molecule has 0 aliphatic carbocycles. The number of rotatable bonds is 14. The van der Waals surface area contributed by atoms with Crippen molar-refractivity contribution in [1.82, 2.24) is 19.4 Å². The maximum Gasteiger partial charge on any atom is 0.253 e. The van der Waals surface area contributed by atoms with Gasteiger partial charge in [0.15, 0.2) is 11.5 Å². The van der Waals surface area contributed by atoms with Crippen LogP contribution >= 0.6 is 11.6 Å². The normalized spacial score (nSPS) is 14.4. The number of hydrogen-bond acceptors (Lipinski definition) is 8. The third-order valence-corrected chi connectivity index (χ3v) is 9.83. The number of amides is 1. The number of nitrogens with zero attached hydrogens (tertiary/aromatic N) is 4. The number of fused-ring (bicyclic) bond motifs is 1. The van der Waals surface area contributed by atoms with Crippen LogP contribution in [0.1, 0.15) is 52.6 Å². The largest absolute Gasteiger partial charge is 0.493 e. The number of carbonyl (C=O) groups excluding carboxylic acids is 1. The molecule has 6 rings (SSSR count). The number of anilines is 1. The molecule has 0 saturated carbocycles. The number of aromatic nitrogens is 2. The summed E-state index contributed by atoms with van der Waals surface area (Å²) in [4.78, 5) is 23.0. The molecule has 10 nitrogen and oxygen atoms in total. The molecule has 2 aromatic heterocycles. The van der Waals surface area contributed by atoms with Crippen LogP contribution in [-0.4, -0.2) is 85.9 Å². The van der Waals surface area contributed by atoms with Crippen molar-refractivity contribution in [1.29, 1.82) is 0 Å². The molecular weight excluding hydrogens is 654 g/mol. The summed E-state index contributed by atoms with van der Waals surface area (Å²) in [6.07, 6.45) is 2.91. The number of nitrogens with one attached hydrogen (secondary N) is 1. The van der Waals surface area contributed by atoms with Crippen molar-refractivity contribution in [3.8, 4) is 17.2 Å². The molecule has 1 unspecified atom stereocenters. The Bertz CT molecular complexity index is 1870. The first-order valence-electron chi connectivity index (χ1n) is 17.1. The number of piperidine rings is 1. The van der Waals surface area contributed by atoms with E-state index >= 15 is 0 Å². The molecule has 1 fully saturated rings. The first-order valence-corrected chi connectivity index (χ1v) is 17.4. The van der Waals surface area contributed by atoms with Gasteiger partial charge in [0.2, 0.25) is 11.7 Å². The fourth-order valence-corrected chi connectivity index (χ4v) is 6.96. The molecule has 264 valence electrons. The highest BCUT2D eigenvalue weighted by Gasteiger charge is 2.25. The Morgan fingerprint density at radius 1 is 1.00 bits per heavy atom. The number of likely N-dealkylation sites (tertiary alicyclic amines) is 1. The average Bonchev–Trinajstić information content (AvgIpc) is 3.71. The Morgan fingerprint density at radius 2 is 1.70 bits per heavy atom. The lowest BCUT2D eigenvalue weighted by Gasteiger charge is -2.34. The van der Waals surface area contributed by atoms with Crippen molar-refractivity contribution in [3.63, 3.8) is 0 Å². The second-order valence-electron chi connectivity index (χ2n) is 12.9. The number of furan rings is 1. The number of aryl methyl sites for hydroxylation is 1. The van der Waals surface area contributed by atoms with Gasteiger partial charge >= 0.3 is 0 Å². The monoisotopic (exact) mass is 699 g/mol. The van der Waals surface area contributed by atoms with Crippen LogP contribution < -0.4 is 19.5 Å². The lowest BCUT2D eigenvalue weighted by atomic mass is 9.94. The standard InChI is InChI=1S/C39H46ClN5O5/c1-26-10-15-32(50-26)25-45-34-9-7-6-8-33(34)42-39(45)41-31-17-20-44(21-18-31)19-16-28(27-11-13-30(40)14-12-27)24-43(2)38(46)29-22-35(47-3)37(49-5)36(23-29)48-4/h6-15,22-23,28,31H,16-21,24-25H2,1-5H3,(H,41,42). The number of hydrogen-bond donors (Lipinski definition) is 1. The maximum atomic E-state index is 13.7. The third-order valence-electron chi connectivity index (χ3n) is 9.57. The molecule has 1 atom stereocenters. The number of benzene rings is 3. The summed E-state index contributed by atoms with van der Waals surface area (Å²) in [5, 5.41) is 4.45. The van der Waals surface area contributed by atoms with E-state index < -0.39 is 0 Å². The summed E-state index contributed by atoms with van der Waals surface area (Å²) in [6, 6.07) is 24.0. The zero-order valence-corrected chi connectivity index (χ0v) is 30.2. The minimum atomic E-state index is -0.122. The molecule has 1 N–H and O–H groups in total. The number of likely N-dealkylation sites (N-methyl/N-ethyl adjacent to an activating group) is 1. The number of ether oxygens (including phenoxy) is 3. The highest BCUT2D eigenvalue weighted by Crippen LogP contribution is 2.38. The Kier molecular flexibility index (Phi) is 11.2. The van der Waals surface area contributed by atoms with Gasteiger partial charge in [-0.05, 0) is 86.8 Å². The Labute approximate surface area is 298 Å². The van der Waals surface area contributed by atoms with Gasteiger partial charge in [0.1, 0.15) is 11.5 Å². The number of methoxy groups -OCH3 is 3. The van der Waals surface area contributed by atoms with E-state index in [0.29, 0.717) is 47.0 Å². The van der Waals surface area contributed by atoms with Gasteiger partial charge < -0.3 is 38.3 Å². The number of carbonyl (C=O) groups is 1. The van der Waals surface area contributed by atoms with Crippen LogP contribution in [0, 0.1) is 6.92 Å². The van der Waals surface area contributed by atoms with E-state index in [1.807, 2.05) is 44.3 Å². The van der Waals surface area contributed by atoms with Crippen molar-refractivity contribution in [3.05, 3.63) is 100 Å². The summed E-state index contributed by atoms with van der Waals surface area (Å²) in [5.74, 6) is 4.03. The van der Waals surface area contributed by atoms with E-state index in [0.717, 1.165) is 73.0 Å². The van der Waals surface area contributed by atoms with Crippen LogP contribution in [0.3, 0.4) is 0 Å². The van der Waals surface area contributed by atoms with Gasteiger partial charge in [-0.2, -0.15) is 0 Å². The third kappa shape index (κ3) is 8.03. The van der Waals surface area contributed by atoms with Gasteiger partial charge in [-0.15, -0.1) is 0 Å². The van der Waals surface area contributed by atoms with E-state index in [2.05, 4.69) is 45.1 Å². The highest BCUT2D eigenvalue weighted by atomic mass is 35.5. The Hall–Kier alpha value is -4.67. The fourth-order valence-electron chi connectivity index (χ4n) is 6.83. The molecule has 3 aromatic carbocycles. The van der Waals surface area contributed by atoms with Gasteiger partial charge in [0, 0.05) is 49.2 Å². The molecule has 0 radical (unpaired) electrons. The van der Waals surface area contributed by atoms with Crippen LogP contribution in [0.25, 0.3) is 11.0 Å². The molecule has 5 aromatic rings. The minimum absolute atomic E-state index is 0.115. The molecule has 3 heterocycles. The van der Waals surface area contributed by atoms with Crippen molar-refractivity contribution in [2.45, 2.75) is 44.7 Å². The molecular formula is C39H46ClN5O5. The summed E-state index contributed by atoms with van der Waals surface area (Å²) in [6.45, 7) is 6.00. The van der Waals surface area contributed by atoms with Crippen LogP contribution in [0.5, 0.6) is 17.2 Å². The number of para-hydroxylation sites is 2. The van der Waals surface area contributed by atoms with Crippen molar-refractivity contribution in [2.75, 3.05) is 59.9 Å². The SMILES string of the molecule is COc1cc(C(=O)N(C)CC(CCN2CCC(Nc3nc4ccccc4n3Cc3ccc(C)o3)CC2)c2ccc(Cl)cc2)cc(OC)c1OC. The van der Waals surface area contributed by atoms with Crippen molar-refractivity contribution >= 4 is 34.5 Å². The number of halogens is 1. The van der Waals surface area contributed by atoms with Gasteiger partial charge in [0.05, 0.1) is 38.9 Å². The van der Waals surface area contributed by atoms with E-state index in [9.17, 15) is 4.79 Å². The van der Waals surface area contributed by atoms with Crippen LogP contribution in [-0.2, 0) is 6.54 Å². The molecule has 0 spiro atoms. The lowest BCUT2D eigenvalue weighted by Crippen LogP contribution is -2.40. The van der Waals surface area contributed by atoms with Crippen LogP contribution in [0.15, 0.2) is 77.2 Å². The van der Waals surface area contributed by atoms with Crippen LogP contribution in [0.4, 0.5) is 5.95 Å². The average molecular weight is 700 g/mol. The van der Waals surface area contributed by atoms with E-state index in [4.69, 9.17) is 35.2 Å². The zero-order valence-electron chi connectivity index (χ0n) is 29.4. The van der Waals surface area contributed by atoms with Gasteiger partial charge in [-0.25, -0.2) is 4.98 Å². The molecule has 0 bridgehead atoms. The minimum Gasteiger partial charge on any atom is -0.493 e. The summed E-state index contributed by atoms with van der Waals surface area (Å²) < 4.78 is 24.6. The van der Waals surface area contributed by atoms with Gasteiger partial charge in [-0.3, -0.25) is 4.79 Å². The first-order chi connectivity index (χ1) is 24.3. The first kappa shape index (κ1) is 35.2. The maximum absolute atomic E-state index is 13.7. The summed E-state index contributed by atoms with van der Waals surface area (Å²) in [5.41, 5.74) is 3.68. The molecule has 11 heteroatoms. The zero-order chi connectivity index (χ0) is 35.2. The summed E-state index contributed by atoms with van der Waals surface area (Å²) in [7, 11) is 6.48. The molecule has 1 aliphatic heterocycles. The van der Waals surface area contributed by atoms with E-state index in [1.54, 1.807) is 38.4 Å². The number of imidazole rings is 1. The van der Waals surface area contributed by atoms with Crippen LogP contribution in [0.2, 0.25) is 5.02 Å². The van der Waals surface area contributed by atoms with Gasteiger partial charge in [-0.1, -0.05) is 35.9 Å². The van der Waals surface area contributed by atoms with E-state index in [-0.39, 0.29) is 11.8 Å². The highest BCUT2D eigenvalue weighted by molar-refractivity contribution is 6.30. The quantitative estimate of drug-likeness (QED) is 0.128. The smallest absolute Gasteiger partial charge is 0.253 e. The van der Waals surface area contributed by atoms with Crippen molar-refractivity contribution in [2.24, 2.45) is 0 Å². The second kappa shape index (κ2) is 15.9. The fraction of sp³-hybridized carbons (Fsp3) is 0.385. The molecule has 1 amide bonds. The lowest BCUT2D eigenvalue weighted by molar-refractivity contribution is 0.0781. The molecule has 1 saturated heterocycles. The summed E-state index contributed by atoms with van der Waals surface area (Å²) >= 11 is 6.26. The molecule has 1 aliphatic rings. The Balaban J connectivity index is 1.10. The topological polar surface area (TPSA) is 94.2 Å². The predicted octanol–water partition coefficient (Wildman–Crippen LogP) is 7.49. The second-order valence-corrected chi connectivity index (χ2v) is 13.4. The van der Waals surface area contributed by atoms with Crippen molar-refractivity contribution < 1.29 is 23.4 Å². The predicted molar refractivity (Wildman–Crippen MR) is 197 cm³/mol. The Morgan fingerprint density at radius 3 is 2.34 bits per heavy atom. The van der Waals surface area contributed by atoms with E-state index in [1.165, 1.54) is 0 Å².